The standard InChI is InChI=1S/C20H29N3O2/c1-14(2)21-20(25)23-12-7-10-18(23)19(24)22-13-11-17(15(22)3)16-8-5-4-6-9-16/h4-6,8-9,14-15,17-18H,7,10-13H2,1-3H3,(H,21,25)/t15?,17?,18-/m0/s1. The van der Waals surface area contributed by atoms with Crippen molar-refractivity contribution in [3.8, 4) is 0 Å². The van der Waals surface area contributed by atoms with Crippen LogP contribution in [-0.2, 0) is 4.79 Å². The van der Waals surface area contributed by atoms with Crippen LogP contribution in [0.3, 0.4) is 0 Å². The van der Waals surface area contributed by atoms with Gasteiger partial charge in [-0.2, -0.15) is 0 Å². The Morgan fingerprint density at radius 2 is 1.80 bits per heavy atom. The number of carbonyl (C=O) groups is 2. The van der Waals surface area contributed by atoms with Crippen molar-refractivity contribution in [3.63, 3.8) is 0 Å². The van der Waals surface area contributed by atoms with E-state index in [4.69, 9.17) is 0 Å². The second kappa shape index (κ2) is 7.46. The molecule has 0 aromatic heterocycles. The lowest BCUT2D eigenvalue weighted by Crippen LogP contribution is -2.52. The molecular weight excluding hydrogens is 314 g/mol. The summed E-state index contributed by atoms with van der Waals surface area (Å²) in [6.45, 7) is 7.46. The summed E-state index contributed by atoms with van der Waals surface area (Å²) < 4.78 is 0. The fourth-order valence-corrected chi connectivity index (χ4v) is 4.18. The monoisotopic (exact) mass is 343 g/mol. The molecule has 5 nitrogen and oxygen atoms in total. The molecule has 0 radical (unpaired) electrons. The summed E-state index contributed by atoms with van der Waals surface area (Å²) in [6.07, 6.45) is 2.65. The molecule has 3 rings (SSSR count). The molecule has 1 aromatic carbocycles. The molecule has 0 aliphatic carbocycles. The van der Waals surface area contributed by atoms with Gasteiger partial charge in [-0.05, 0) is 45.6 Å². The lowest BCUT2D eigenvalue weighted by Gasteiger charge is -2.32. The summed E-state index contributed by atoms with van der Waals surface area (Å²) in [5, 5.41) is 2.92. The molecule has 3 atom stereocenters. The van der Waals surface area contributed by atoms with E-state index in [1.807, 2.05) is 24.8 Å². The molecule has 1 aromatic rings. The largest absolute Gasteiger partial charge is 0.338 e. The Hall–Kier alpha value is -2.04. The van der Waals surface area contributed by atoms with Gasteiger partial charge in [-0.1, -0.05) is 30.3 Å². The minimum Gasteiger partial charge on any atom is -0.338 e. The van der Waals surface area contributed by atoms with Gasteiger partial charge in [0.1, 0.15) is 6.04 Å². The highest BCUT2D eigenvalue weighted by Crippen LogP contribution is 2.34. The van der Waals surface area contributed by atoms with E-state index >= 15 is 0 Å². The second-order valence-electron chi connectivity index (χ2n) is 7.53. The number of likely N-dealkylation sites (tertiary alicyclic amines) is 2. The Morgan fingerprint density at radius 1 is 1.08 bits per heavy atom. The van der Waals surface area contributed by atoms with Crippen LogP contribution in [0.1, 0.15) is 51.5 Å². The van der Waals surface area contributed by atoms with E-state index in [2.05, 4.69) is 36.5 Å². The summed E-state index contributed by atoms with van der Waals surface area (Å²) in [6, 6.07) is 10.3. The number of hydrogen-bond donors (Lipinski definition) is 1. The average molecular weight is 343 g/mol. The first-order valence-corrected chi connectivity index (χ1v) is 9.41. The molecule has 2 aliphatic heterocycles. The van der Waals surface area contributed by atoms with Crippen LogP contribution < -0.4 is 5.32 Å². The zero-order valence-corrected chi connectivity index (χ0v) is 15.4. The molecule has 2 saturated heterocycles. The highest BCUT2D eigenvalue weighted by molar-refractivity contribution is 5.88. The first-order chi connectivity index (χ1) is 12.0. The molecular formula is C20H29N3O2. The van der Waals surface area contributed by atoms with Gasteiger partial charge >= 0.3 is 6.03 Å². The Morgan fingerprint density at radius 3 is 2.48 bits per heavy atom. The zero-order chi connectivity index (χ0) is 18.0. The van der Waals surface area contributed by atoms with E-state index in [0.717, 1.165) is 25.8 Å². The lowest BCUT2D eigenvalue weighted by atomic mass is 9.93. The third kappa shape index (κ3) is 3.65. The van der Waals surface area contributed by atoms with Gasteiger partial charge in [0.15, 0.2) is 0 Å². The van der Waals surface area contributed by atoms with Crippen LogP contribution in [0.25, 0.3) is 0 Å². The van der Waals surface area contributed by atoms with Gasteiger partial charge in [-0.15, -0.1) is 0 Å². The van der Waals surface area contributed by atoms with E-state index in [1.54, 1.807) is 4.90 Å². The van der Waals surface area contributed by atoms with E-state index in [-0.39, 0.29) is 30.1 Å². The van der Waals surface area contributed by atoms with Crippen molar-refractivity contribution in [2.75, 3.05) is 13.1 Å². The number of nitrogens with zero attached hydrogens (tertiary/aromatic N) is 2. The van der Waals surface area contributed by atoms with Crippen LogP contribution in [-0.4, -0.2) is 53.0 Å². The van der Waals surface area contributed by atoms with Crippen LogP contribution in [0.2, 0.25) is 0 Å². The third-order valence-electron chi connectivity index (χ3n) is 5.48. The Balaban J connectivity index is 1.69. The van der Waals surface area contributed by atoms with Crippen LogP contribution in [0.5, 0.6) is 0 Å². The van der Waals surface area contributed by atoms with Crippen LogP contribution in [0.15, 0.2) is 30.3 Å². The van der Waals surface area contributed by atoms with E-state index in [9.17, 15) is 9.59 Å². The van der Waals surface area contributed by atoms with Crippen molar-refractivity contribution in [2.24, 2.45) is 0 Å². The molecule has 2 heterocycles. The SMILES string of the molecule is CC(C)NC(=O)N1CCC[C@H]1C(=O)N1CCC(c2ccccc2)C1C. The van der Waals surface area contributed by atoms with E-state index in [0.29, 0.717) is 12.5 Å². The maximum atomic E-state index is 13.1. The topological polar surface area (TPSA) is 52.7 Å². The van der Waals surface area contributed by atoms with Crippen molar-refractivity contribution in [1.82, 2.24) is 15.1 Å². The number of benzene rings is 1. The first kappa shape index (κ1) is 17.8. The van der Waals surface area contributed by atoms with Crippen LogP contribution in [0.4, 0.5) is 4.79 Å². The highest BCUT2D eigenvalue weighted by atomic mass is 16.2. The molecule has 0 spiro atoms. The Labute approximate surface area is 150 Å². The number of hydrogen-bond acceptors (Lipinski definition) is 2. The fourth-order valence-electron chi connectivity index (χ4n) is 4.18. The van der Waals surface area contributed by atoms with Crippen LogP contribution in [0, 0.1) is 0 Å². The Kier molecular flexibility index (Phi) is 5.30. The summed E-state index contributed by atoms with van der Waals surface area (Å²) in [5.74, 6) is 0.492. The quantitative estimate of drug-likeness (QED) is 0.917. The van der Waals surface area contributed by atoms with Gasteiger partial charge in [-0.25, -0.2) is 4.79 Å². The average Bonchev–Trinajstić information content (AvgIpc) is 3.21. The number of amides is 3. The summed E-state index contributed by atoms with van der Waals surface area (Å²) in [7, 11) is 0. The predicted octanol–water partition coefficient (Wildman–Crippen LogP) is 2.97. The molecule has 5 heteroatoms. The lowest BCUT2D eigenvalue weighted by molar-refractivity contribution is -0.135. The van der Waals surface area contributed by atoms with Gasteiger partial charge in [0.2, 0.25) is 5.91 Å². The molecule has 1 N–H and O–H groups in total. The minimum atomic E-state index is -0.310. The van der Waals surface area contributed by atoms with E-state index < -0.39 is 0 Å². The normalized spacial score (nSPS) is 26.3. The smallest absolute Gasteiger partial charge is 0.318 e. The number of carbonyl (C=O) groups excluding carboxylic acids is 2. The van der Waals surface area contributed by atoms with Gasteiger partial charge in [0.05, 0.1) is 0 Å². The van der Waals surface area contributed by atoms with Crippen molar-refractivity contribution < 1.29 is 9.59 Å². The van der Waals surface area contributed by atoms with Crippen molar-refractivity contribution in [1.29, 1.82) is 0 Å². The number of rotatable bonds is 3. The van der Waals surface area contributed by atoms with Crippen molar-refractivity contribution >= 4 is 11.9 Å². The molecule has 136 valence electrons. The van der Waals surface area contributed by atoms with Crippen molar-refractivity contribution in [2.45, 2.75) is 64.1 Å². The van der Waals surface area contributed by atoms with E-state index in [1.165, 1.54) is 5.56 Å². The summed E-state index contributed by atoms with van der Waals surface area (Å²) in [5.41, 5.74) is 1.30. The minimum absolute atomic E-state index is 0.0806. The third-order valence-corrected chi connectivity index (χ3v) is 5.48. The molecule has 2 unspecified atom stereocenters. The van der Waals surface area contributed by atoms with Gasteiger partial charge in [-0.3, -0.25) is 4.79 Å². The zero-order valence-electron chi connectivity index (χ0n) is 15.4. The second-order valence-corrected chi connectivity index (χ2v) is 7.53. The van der Waals surface area contributed by atoms with Gasteiger partial charge in [0.25, 0.3) is 0 Å². The molecule has 0 bridgehead atoms. The van der Waals surface area contributed by atoms with Crippen molar-refractivity contribution in [3.05, 3.63) is 35.9 Å². The highest BCUT2D eigenvalue weighted by Gasteiger charge is 2.42. The summed E-state index contributed by atoms with van der Waals surface area (Å²) in [4.78, 5) is 29.3. The molecule has 2 fully saturated rings. The maximum absolute atomic E-state index is 13.1. The van der Waals surface area contributed by atoms with Gasteiger partial charge < -0.3 is 15.1 Å². The number of nitrogens with one attached hydrogen (secondary N) is 1. The predicted molar refractivity (Wildman–Crippen MR) is 98.4 cm³/mol. The number of urea groups is 1. The van der Waals surface area contributed by atoms with Crippen LogP contribution >= 0.6 is 0 Å². The molecule has 3 amide bonds. The fraction of sp³-hybridized carbons (Fsp3) is 0.600. The first-order valence-electron chi connectivity index (χ1n) is 9.41. The Bertz CT molecular complexity index is 617. The maximum Gasteiger partial charge on any atom is 0.318 e. The summed E-state index contributed by atoms with van der Waals surface area (Å²) >= 11 is 0. The molecule has 2 aliphatic rings. The van der Waals surface area contributed by atoms with Gasteiger partial charge in [0, 0.05) is 31.1 Å². The molecule has 25 heavy (non-hydrogen) atoms. The molecule has 0 saturated carbocycles.